The van der Waals surface area contributed by atoms with Gasteiger partial charge in [0, 0.05) is 18.3 Å². The predicted molar refractivity (Wildman–Crippen MR) is 150 cm³/mol. The molecule has 0 bridgehead atoms. The SMILES string of the molecule is COc1ccc(Cl)c(Nc2nc3ccccc3nc2N(c2cc(NC(=O)[C@@H](C)N)ccc2CN)[SH](=O)=O)c1. The zero-order valence-electron chi connectivity index (χ0n) is 20.5. The first kappa shape index (κ1) is 27.1. The van der Waals surface area contributed by atoms with Gasteiger partial charge in [-0.25, -0.2) is 22.7 Å². The summed E-state index contributed by atoms with van der Waals surface area (Å²) in [5, 5.41) is 6.13. The second-order valence-electron chi connectivity index (χ2n) is 8.23. The van der Waals surface area contributed by atoms with Crippen LogP contribution in [0.1, 0.15) is 12.5 Å². The van der Waals surface area contributed by atoms with Crippen LogP contribution in [0.4, 0.5) is 28.7 Å². The monoisotopic (exact) mass is 555 g/mol. The van der Waals surface area contributed by atoms with Crippen LogP contribution in [0.2, 0.25) is 5.02 Å². The number of nitrogens with two attached hydrogens (primary N) is 2. The number of carbonyl (C=O) groups is 1. The second kappa shape index (κ2) is 11.6. The van der Waals surface area contributed by atoms with Crippen LogP contribution in [0.15, 0.2) is 60.7 Å². The first-order chi connectivity index (χ1) is 18.2. The van der Waals surface area contributed by atoms with E-state index in [2.05, 4.69) is 20.6 Å². The van der Waals surface area contributed by atoms with Gasteiger partial charge in [0.05, 0.1) is 40.6 Å². The van der Waals surface area contributed by atoms with Gasteiger partial charge in [-0.1, -0.05) is 29.8 Å². The first-order valence-corrected chi connectivity index (χ1v) is 12.9. The molecule has 198 valence electrons. The summed E-state index contributed by atoms with van der Waals surface area (Å²) in [7, 11) is -1.79. The Balaban J connectivity index is 1.92. The molecule has 1 atom stereocenters. The molecule has 0 unspecified atom stereocenters. The number of hydrogen-bond acceptors (Lipinski definition) is 9. The van der Waals surface area contributed by atoms with Crippen LogP contribution in [0.3, 0.4) is 0 Å². The van der Waals surface area contributed by atoms with Crippen molar-refractivity contribution in [1.29, 1.82) is 0 Å². The number of fused-ring (bicyclic) bond motifs is 1. The maximum absolute atomic E-state index is 12.8. The Kier molecular flexibility index (Phi) is 8.27. The Morgan fingerprint density at radius 2 is 1.82 bits per heavy atom. The quantitative estimate of drug-likeness (QED) is 0.194. The largest absolute Gasteiger partial charge is 0.497 e. The number of benzene rings is 3. The Morgan fingerprint density at radius 3 is 2.45 bits per heavy atom. The van der Waals surface area contributed by atoms with Gasteiger partial charge in [0.1, 0.15) is 5.75 Å². The van der Waals surface area contributed by atoms with E-state index in [1.807, 2.05) is 0 Å². The number of para-hydroxylation sites is 2. The van der Waals surface area contributed by atoms with Gasteiger partial charge in [0.25, 0.3) is 0 Å². The van der Waals surface area contributed by atoms with E-state index in [1.165, 1.54) is 20.1 Å². The van der Waals surface area contributed by atoms with Crippen LogP contribution in [0.5, 0.6) is 5.75 Å². The summed E-state index contributed by atoms with van der Waals surface area (Å²) in [5.74, 6) is 0.187. The van der Waals surface area contributed by atoms with E-state index < -0.39 is 22.8 Å². The van der Waals surface area contributed by atoms with E-state index in [-0.39, 0.29) is 23.9 Å². The molecule has 11 nitrogen and oxygen atoms in total. The fourth-order valence-electron chi connectivity index (χ4n) is 3.62. The Morgan fingerprint density at radius 1 is 1.11 bits per heavy atom. The fraction of sp³-hybridized carbons (Fsp3) is 0.160. The summed E-state index contributed by atoms with van der Waals surface area (Å²) in [4.78, 5) is 21.5. The maximum atomic E-state index is 12.8. The molecule has 1 heterocycles. The zero-order chi connectivity index (χ0) is 27.4. The Hall–Kier alpha value is -3.97. The standard InChI is InChI=1S/C25H26ClN7O4S/c1-14(28)25(34)29-16-8-7-15(13-27)22(11-16)33(38(35)36)24-23(30-19-5-3-4-6-20(19)32-24)31-21-12-17(37-2)9-10-18(21)26/h3-12,14,38H,13,27-28H2,1-2H3,(H,29,34)(H,30,31)/t14-/m1/s1. The van der Waals surface area contributed by atoms with Crippen LogP contribution in [0.25, 0.3) is 11.0 Å². The van der Waals surface area contributed by atoms with E-state index in [0.717, 1.165) is 4.31 Å². The number of halogens is 1. The van der Waals surface area contributed by atoms with Crippen molar-refractivity contribution in [2.24, 2.45) is 11.5 Å². The minimum Gasteiger partial charge on any atom is -0.497 e. The lowest BCUT2D eigenvalue weighted by Crippen LogP contribution is -2.32. The number of nitrogens with one attached hydrogen (secondary N) is 2. The molecule has 38 heavy (non-hydrogen) atoms. The lowest BCUT2D eigenvalue weighted by Gasteiger charge is -2.23. The first-order valence-electron chi connectivity index (χ1n) is 11.4. The molecule has 4 rings (SSSR count). The smallest absolute Gasteiger partial charge is 0.240 e. The number of nitrogens with zero attached hydrogens (tertiary/aromatic N) is 3. The number of rotatable bonds is 9. The zero-order valence-corrected chi connectivity index (χ0v) is 22.2. The fourth-order valence-corrected chi connectivity index (χ4v) is 4.44. The summed E-state index contributed by atoms with van der Waals surface area (Å²) >= 11 is 6.41. The third-order valence-corrected chi connectivity index (χ3v) is 6.62. The molecule has 0 aliphatic heterocycles. The molecule has 13 heteroatoms. The molecular formula is C25H26ClN7O4S. The number of thiol groups is 1. The molecule has 0 radical (unpaired) electrons. The number of anilines is 5. The van der Waals surface area contributed by atoms with Crippen molar-refractivity contribution >= 4 is 68.1 Å². The number of hydrogen-bond donors (Lipinski definition) is 5. The minimum atomic E-state index is -3.31. The highest BCUT2D eigenvalue weighted by Gasteiger charge is 2.24. The highest BCUT2D eigenvalue weighted by Crippen LogP contribution is 2.38. The van der Waals surface area contributed by atoms with Crippen LogP contribution in [0, 0.1) is 0 Å². The van der Waals surface area contributed by atoms with Crippen molar-refractivity contribution in [2.45, 2.75) is 19.5 Å². The molecule has 0 saturated carbocycles. The lowest BCUT2D eigenvalue weighted by atomic mass is 10.1. The van der Waals surface area contributed by atoms with E-state index in [4.69, 9.17) is 27.8 Å². The van der Waals surface area contributed by atoms with E-state index in [0.29, 0.717) is 38.7 Å². The van der Waals surface area contributed by atoms with Crippen molar-refractivity contribution in [3.63, 3.8) is 0 Å². The third kappa shape index (κ3) is 5.78. The van der Waals surface area contributed by atoms with Crippen LogP contribution < -0.4 is 31.1 Å². The topological polar surface area (TPSA) is 166 Å². The van der Waals surface area contributed by atoms with Gasteiger partial charge < -0.3 is 26.8 Å². The van der Waals surface area contributed by atoms with Crippen molar-refractivity contribution in [1.82, 2.24) is 9.97 Å². The molecule has 0 aliphatic carbocycles. The molecule has 0 saturated heterocycles. The molecule has 6 N–H and O–H groups in total. The molecule has 3 aromatic carbocycles. The predicted octanol–water partition coefficient (Wildman–Crippen LogP) is 3.44. The molecule has 1 amide bonds. The molecular weight excluding hydrogens is 530 g/mol. The van der Waals surface area contributed by atoms with E-state index in [1.54, 1.807) is 54.6 Å². The average Bonchev–Trinajstić information content (AvgIpc) is 2.90. The lowest BCUT2D eigenvalue weighted by molar-refractivity contribution is -0.117. The minimum absolute atomic E-state index is 0.0159. The van der Waals surface area contributed by atoms with Gasteiger partial charge in [-0.2, -0.15) is 0 Å². The van der Waals surface area contributed by atoms with Crippen LogP contribution in [-0.2, 0) is 22.2 Å². The molecule has 0 spiro atoms. The van der Waals surface area contributed by atoms with Gasteiger partial charge in [-0.15, -0.1) is 0 Å². The maximum Gasteiger partial charge on any atom is 0.240 e. The summed E-state index contributed by atoms with van der Waals surface area (Å²) < 4.78 is 31.9. The average molecular weight is 556 g/mol. The van der Waals surface area contributed by atoms with Gasteiger partial charge in [0.15, 0.2) is 11.6 Å². The van der Waals surface area contributed by atoms with Crippen molar-refractivity contribution < 1.29 is 17.9 Å². The summed E-state index contributed by atoms with van der Waals surface area (Å²) in [6.45, 7) is 1.56. The van der Waals surface area contributed by atoms with Gasteiger partial charge in [-0.05, 0) is 48.9 Å². The molecule has 4 aromatic rings. The molecule has 0 aliphatic rings. The van der Waals surface area contributed by atoms with Crippen LogP contribution >= 0.6 is 11.6 Å². The van der Waals surface area contributed by atoms with Crippen molar-refractivity contribution in [3.8, 4) is 5.75 Å². The van der Waals surface area contributed by atoms with Gasteiger partial charge >= 0.3 is 0 Å². The second-order valence-corrected chi connectivity index (χ2v) is 9.51. The van der Waals surface area contributed by atoms with Gasteiger partial charge in [-0.3, -0.25) is 4.79 Å². The molecule has 1 aromatic heterocycles. The normalized spacial score (nSPS) is 11.8. The summed E-state index contributed by atoms with van der Waals surface area (Å²) in [6, 6.07) is 16.0. The highest BCUT2D eigenvalue weighted by molar-refractivity contribution is 7.74. The Bertz CT molecular complexity index is 1570. The van der Waals surface area contributed by atoms with Crippen molar-refractivity contribution in [3.05, 3.63) is 71.2 Å². The van der Waals surface area contributed by atoms with Crippen molar-refractivity contribution in [2.75, 3.05) is 22.0 Å². The summed E-state index contributed by atoms with van der Waals surface area (Å²) in [6.07, 6.45) is 0. The number of methoxy groups -OCH3 is 1. The number of carbonyl (C=O) groups excluding carboxylic acids is 1. The van der Waals surface area contributed by atoms with Crippen LogP contribution in [-0.4, -0.2) is 37.4 Å². The van der Waals surface area contributed by atoms with E-state index in [9.17, 15) is 13.2 Å². The number of amides is 1. The third-order valence-electron chi connectivity index (χ3n) is 5.56. The Labute approximate surface area is 225 Å². The highest BCUT2D eigenvalue weighted by atomic mass is 35.5. The van der Waals surface area contributed by atoms with Gasteiger partial charge in [0.2, 0.25) is 16.8 Å². The number of ether oxygens (including phenoxy) is 1. The van der Waals surface area contributed by atoms with E-state index >= 15 is 0 Å². The number of aromatic nitrogens is 2. The summed E-state index contributed by atoms with van der Waals surface area (Å²) in [5.41, 5.74) is 14.1. The molecule has 0 fully saturated rings.